The lowest BCUT2D eigenvalue weighted by Crippen LogP contribution is -2.82. The molecule has 8 heteroatoms. The molecule has 172 valence electrons. The number of nitrogens with one attached hydrogen (secondary N) is 1. The van der Waals surface area contributed by atoms with Crippen molar-refractivity contribution in [1.82, 2.24) is 9.80 Å². The van der Waals surface area contributed by atoms with Crippen LogP contribution in [0.2, 0.25) is 0 Å². The van der Waals surface area contributed by atoms with E-state index in [1.165, 1.54) is 0 Å². The fourth-order valence-corrected chi connectivity index (χ4v) is 5.49. The number of aliphatic hydroxyl groups excluding tert-OH is 1. The number of hydrogen-bond acceptors (Lipinski definition) is 5. The van der Waals surface area contributed by atoms with E-state index in [0.717, 1.165) is 43.7 Å². The molecule has 32 heavy (non-hydrogen) atoms. The van der Waals surface area contributed by atoms with Gasteiger partial charge in [-0.2, -0.15) is 0 Å². The number of benzene rings is 1. The summed E-state index contributed by atoms with van der Waals surface area (Å²) in [5.41, 5.74) is 1.54. The molecule has 0 radical (unpaired) electrons. The number of carbonyl (C=O) groups is 2. The van der Waals surface area contributed by atoms with Crippen LogP contribution >= 0.6 is 0 Å². The average Bonchev–Trinajstić information content (AvgIpc) is 3.28. The maximum absolute atomic E-state index is 12.9. The van der Waals surface area contributed by atoms with E-state index in [9.17, 15) is 14.7 Å². The monoisotopic (exact) mass is 442 g/mol. The fraction of sp³-hybridized carbons (Fsp3) is 0.625. The molecule has 2 amide bonds. The summed E-state index contributed by atoms with van der Waals surface area (Å²) in [5, 5.41) is 10.2. The summed E-state index contributed by atoms with van der Waals surface area (Å²) in [5.74, 6) is 0.321. The molecule has 1 saturated heterocycles. The molecule has 2 N–H and O–H groups in total. The number of fused-ring (bicyclic) bond motifs is 1. The number of rotatable bonds is 6. The number of aliphatic hydroxyl groups is 1. The van der Waals surface area contributed by atoms with Crippen molar-refractivity contribution in [2.45, 2.75) is 82.9 Å². The minimum Gasteiger partial charge on any atom is -0.489 e. The zero-order valence-electron chi connectivity index (χ0n) is 18.8. The first-order valence-corrected chi connectivity index (χ1v) is 11.7. The van der Waals surface area contributed by atoms with Crippen LogP contribution in [0.4, 0.5) is 0 Å². The van der Waals surface area contributed by atoms with Crippen molar-refractivity contribution in [3.05, 3.63) is 29.3 Å². The van der Waals surface area contributed by atoms with Crippen molar-refractivity contribution in [1.29, 1.82) is 0 Å². The Morgan fingerprint density at radius 2 is 1.97 bits per heavy atom. The third kappa shape index (κ3) is 4.01. The predicted octanol–water partition coefficient (Wildman–Crippen LogP) is 0.778. The molecule has 1 aromatic rings. The van der Waals surface area contributed by atoms with Crippen molar-refractivity contribution in [3.8, 4) is 5.75 Å². The quantitative estimate of drug-likeness (QED) is 0.676. The summed E-state index contributed by atoms with van der Waals surface area (Å²) in [7, 11) is 0. The van der Waals surface area contributed by atoms with Crippen LogP contribution in [-0.2, 0) is 16.1 Å². The molecule has 8 nitrogen and oxygen atoms in total. The summed E-state index contributed by atoms with van der Waals surface area (Å²) in [6.07, 6.45) is 4.78. The molecule has 5 rings (SSSR count). The second kappa shape index (κ2) is 8.48. The molecule has 1 aliphatic carbocycles. The van der Waals surface area contributed by atoms with Gasteiger partial charge in [-0.25, -0.2) is 4.79 Å². The van der Waals surface area contributed by atoms with Crippen LogP contribution < -0.4 is 9.73 Å². The zero-order valence-corrected chi connectivity index (χ0v) is 18.8. The molecule has 3 atom stereocenters. The smallest absolute Gasteiger partial charge is 0.388 e. The molecule has 4 aliphatic rings. The van der Waals surface area contributed by atoms with Crippen LogP contribution in [0.1, 0.15) is 61.9 Å². The topological polar surface area (TPSA) is 93.3 Å². The van der Waals surface area contributed by atoms with Crippen LogP contribution in [0.5, 0.6) is 5.75 Å². The van der Waals surface area contributed by atoms with Gasteiger partial charge in [-0.05, 0) is 63.3 Å². The zero-order chi connectivity index (χ0) is 22.4. The Bertz CT molecular complexity index is 940. The number of likely N-dealkylation sites (tertiary alicyclic amines) is 1. The van der Waals surface area contributed by atoms with Crippen LogP contribution in [-0.4, -0.2) is 76.1 Å². The minimum atomic E-state index is -0.483. The molecule has 2 fully saturated rings. The molecule has 3 heterocycles. The Kier molecular flexibility index (Phi) is 5.67. The van der Waals surface area contributed by atoms with E-state index in [1.807, 2.05) is 18.2 Å². The summed E-state index contributed by atoms with van der Waals surface area (Å²) >= 11 is 0. The number of carbonyl (C=O) groups excluding carboxylic acids is 2. The first kappa shape index (κ1) is 21.4. The number of hydrogen-bond donors (Lipinski definition) is 2. The SMILES string of the molecule is CC(C)OC1CN([C@@H]2CCC[C@H]2Oc2ccc3c(c2)CN(C2CCC(=O)[NH+]=C2O)C3=O)C1. The van der Waals surface area contributed by atoms with E-state index >= 15 is 0 Å². The normalized spacial score (nSPS) is 28.8. The molecule has 0 spiro atoms. The maximum Gasteiger partial charge on any atom is 0.388 e. The van der Waals surface area contributed by atoms with Gasteiger partial charge in [-0.3, -0.25) is 9.69 Å². The highest BCUT2D eigenvalue weighted by molar-refractivity contribution is 6.01. The van der Waals surface area contributed by atoms with E-state index in [4.69, 9.17) is 9.47 Å². The van der Waals surface area contributed by atoms with Crippen LogP contribution in [0.25, 0.3) is 0 Å². The van der Waals surface area contributed by atoms with E-state index in [2.05, 4.69) is 23.7 Å². The lowest BCUT2D eigenvalue weighted by Gasteiger charge is -2.45. The second-order valence-corrected chi connectivity index (χ2v) is 9.66. The second-order valence-electron chi connectivity index (χ2n) is 9.66. The Labute approximate surface area is 188 Å². The highest BCUT2D eigenvalue weighted by atomic mass is 16.5. The summed E-state index contributed by atoms with van der Waals surface area (Å²) in [6, 6.07) is 5.59. The van der Waals surface area contributed by atoms with E-state index in [0.29, 0.717) is 37.1 Å². The van der Waals surface area contributed by atoms with E-state index in [-0.39, 0.29) is 29.9 Å². The van der Waals surface area contributed by atoms with Crippen LogP contribution in [0.3, 0.4) is 0 Å². The Balaban J connectivity index is 1.24. The van der Waals surface area contributed by atoms with Gasteiger partial charge in [-0.15, -0.1) is 4.99 Å². The minimum absolute atomic E-state index is 0.116. The van der Waals surface area contributed by atoms with Gasteiger partial charge >= 0.3 is 11.8 Å². The lowest BCUT2D eigenvalue weighted by molar-refractivity contribution is -0.394. The van der Waals surface area contributed by atoms with Gasteiger partial charge in [0.25, 0.3) is 5.91 Å². The van der Waals surface area contributed by atoms with Gasteiger partial charge in [0, 0.05) is 31.2 Å². The van der Waals surface area contributed by atoms with Crippen LogP contribution in [0, 0.1) is 0 Å². The van der Waals surface area contributed by atoms with Crippen molar-refractivity contribution < 1.29 is 29.2 Å². The lowest BCUT2D eigenvalue weighted by atomic mass is 10.0. The molecular formula is C24H32N3O5+. The molecule has 0 bridgehead atoms. The molecule has 1 saturated carbocycles. The van der Waals surface area contributed by atoms with E-state index < -0.39 is 6.04 Å². The Morgan fingerprint density at radius 1 is 1.16 bits per heavy atom. The van der Waals surface area contributed by atoms with Gasteiger partial charge in [0.1, 0.15) is 11.9 Å². The maximum atomic E-state index is 12.9. The fourth-order valence-electron chi connectivity index (χ4n) is 5.49. The number of nitrogens with zero attached hydrogens (tertiary/aromatic N) is 2. The van der Waals surface area contributed by atoms with Gasteiger partial charge < -0.3 is 19.5 Å². The number of ether oxygens (including phenoxy) is 2. The van der Waals surface area contributed by atoms with Gasteiger partial charge in [0.2, 0.25) is 0 Å². The van der Waals surface area contributed by atoms with Crippen molar-refractivity contribution in [2.24, 2.45) is 0 Å². The summed E-state index contributed by atoms with van der Waals surface area (Å²) in [4.78, 5) is 31.0. The van der Waals surface area contributed by atoms with Crippen molar-refractivity contribution in [2.75, 3.05) is 13.1 Å². The number of amides is 2. The molecule has 0 aromatic heterocycles. The van der Waals surface area contributed by atoms with Crippen molar-refractivity contribution in [3.63, 3.8) is 0 Å². The Hall–Kier alpha value is -2.45. The third-order valence-corrected chi connectivity index (χ3v) is 7.03. The largest absolute Gasteiger partial charge is 0.489 e. The van der Waals surface area contributed by atoms with Crippen molar-refractivity contribution >= 4 is 17.7 Å². The van der Waals surface area contributed by atoms with Gasteiger partial charge in [-0.1, -0.05) is 0 Å². The van der Waals surface area contributed by atoms with Gasteiger partial charge in [0.15, 0.2) is 6.04 Å². The average molecular weight is 443 g/mol. The third-order valence-electron chi connectivity index (χ3n) is 7.03. The van der Waals surface area contributed by atoms with E-state index in [1.54, 1.807) is 4.90 Å². The molecule has 3 aliphatic heterocycles. The predicted molar refractivity (Wildman–Crippen MR) is 117 cm³/mol. The first-order chi connectivity index (χ1) is 15.4. The first-order valence-electron chi connectivity index (χ1n) is 11.7. The van der Waals surface area contributed by atoms with Crippen LogP contribution in [0.15, 0.2) is 18.2 Å². The molecular weight excluding hydrogens is 410 g/mol. The van der Waals surface area contributed by atoms with Gasteiger partial charge in [0.05, 0.1) is 18.6 Å². The molecule has 1 aromatic carbocycles. The highest BCUT2D eigenvalue weighted by Crippen LogP contribution is 2.34. The highest BCUT2D eigenvalue weighted by Gasteiger charge is 2.42. The molecule has 1 unspecified atom stereocenters. The Morgan fingerprint density at radius 3 is 2.72 bits per heavy atom. The summed E-state index contributed by atoms with van der Waals surface area (Å²) < 4.78 is 12.3. The summed E-state index contributed by atoms with van der Waals surface area (Å²) in [6.45, 7) is 6.49. The standard InChI is InChI=1S/C24H31N3O5/c1-14(2)31-17-12-26(13-17)19-4-3-5-21(19)32-16-6-7-18-15(10-16)11-27(24(18)30)20-8-9-22(28)25-23(20)29/h6-7,10,14,17,19-21H,3-5,8-9,11-13H2,1-2H3,(H,25,28,29)/p+1/t19-,20?,21-/m1/s1.